The van der Waals surface area contributed by atoms with Crippen LogP contribution in [0.25, 0.3) is 11.3 Å². The van der Waals surface area contributed by atoms with Gasteiger partial charge in [-0.2, -0.15) is 5.10 Å². The smallest absolute Gasteiger partial charge is 0.266 e. The van der Waals surface area contributed by atoms with E-state index in [0.29, 0.717) is 28.3 Å². The van der Waals surface area contributed by atoms with Crippen molar-refractivity contribution in [2.75, 3.05) is 41.3 Å². The van der Waals surface area contributed by atoms with Crippen LogP contribution in [-0.4, -0.2) is 58.2 Å². The van der Waals surface area contributed by atoms with Gasteiger partial charge < -0.3 is 15.1 Å². The maximum atomic E-state index is 13.9. The second-order valence-electron chi connectivity index (χ2n) is 8.11. The first kappa shape index (κ1) is 20.3. The Hall–Kier alpha value is -3.56. The van der Waals surface area contributed by atoms with E-state index >= 15 is 0 Å². The van der Waals surface area contributed by atoms with E-state index in [1.165, 1.54) is 4.90 Å². The van der Waals surface area contributed by atoms with Crippen LogP contribution >= 0.6 is 0 Å². The molecule has 5 heterocycles. The van der Waals surface area contributed by atoms with Crippen LogP contribution in [0.15, 0.2) is 42.9 Å². The number of rotatable bonds is 5. The Kier molecular flexibility index (Phi) is 5.20. The van der Waals surface area contributed by atoms with Crippen molar-refractivity contribution < 1.29 is 13.6 Å². The Bertz CT molecular complexity index is 1100. The highest BCUT2D eigenvalue weighted by molar-refractivity contribution is 6.08. The van der Waals surface area contributed by atoms with Crippen molar-refractivity contribution in [3.05, 3.63) is 48.4 Å². The van der Waals surface area contributed by atoms with Crippen LogP contribution in [0, 0.1) is 0 Å². The number of alkyl halides is 2. The van der Waals surface area contributed by atoms with Gasteiger partial charge in [0.1, 0.15) is 5.82 Å². The van der Waals surface area contributed by atoms with Crippen molar-refractivity contribution in [2.24, 2.45) is 0 Å². The van der Waals surface area contributed by atoms with Gasteiger partial charge in [0.05, 0.1) is 23.5 Å². The maximum absolute atomic E-state index is 13.9. The second-order valence-corrected chi connectivity index (χ2v) is 8.11. The molecule has 32 heavy (non-hydrogen) atoms. The normalized spacial score (nSPS) is 17.7. The molecule has 166 valence electrons. The zero-order valence-electron chi connectivity index (χ0n) is 17.4. The van der Waals surface area contributed by atoms with Crippen LogP contribution in [-0.2, 0) is 0 Å². The minimum Gasteiger partial charge on any atom is -0.357 e. The molecule has 0 aromatic carbocycles. The van der Waals surface area contributed by atoms with E-state index in [9.17, 15) is 13.6 Å². The van der Waals surface area contributed by atoms with Crippen molar-refractivity contribution >= 4 is 23.2 Å². The van der Waals surface area contributed by atoms with Crippen molar-refractivity contribution in [3.8, 4) is 11.3 Å². The molecule has 5 rings (SSSR count). The number of H-pyrrole nitrogens is 1. The summed E-state index contributed by atoms with van der Waals surface area (Å²) in [7, 11) is 0. The second kappa shape index (κ2) is 8.18. The van der Waals surface area contributed by atoms with E-state index in [0.717, 1.165) is 31.7 Å². The average molecular weight is 439 g/mol. The summed E-state index contributed by atoms with van der Waals surface area (Å²) in [5, 5.41) is 9.72. The topological polar surface area (TPSA) is 90.0 Å². The summed E-state index contributed by atoms with van der Waals surface area (Å²) >= 11 is 0. The van der Waals surface area contributed by atoms with E-state index < -0.39 is 12.5 Å². The van der Waals surface area contributed by atoms with E-state index in [1.54, 1.807) is 36.8 Å². The SMILES string of the molecule is O=C(Nc1c(-c2ccn[nH]2)ccnc1N1CCC(F)(F)C1)c1ccc(N2CCCC2)nc1. The number of aromatic amines is 1. The third-order valence-corrected chi connectivity index (χ3v) is 5.87. The molecular formula is C22H23F2N7O. The van der Waals surface area contributed by atoms with Crippen LogP contribution in [0.4, 0.5) is 26.1 Å². The summed E-state index contributed by atoms with van der Waals surface area (Å²) in [6.45, 7) is 1.64. The first-order valence-electron chi connectivity index (χ1n) is 10.6. The molecular weight excluding hydrogens is 416 g/mol. The van der Waals surface area contributed by atoms with Gasteiger partial charge in [0.2, 0.25) is 0 Å². The lowest BCUT2D eigenvalue weighted by molar-refractivity contribution is 0.0257. The number of pyridine rings is 2. The minimum atomic E-state index is -2.79. The molecule has 2 aliphatic rings. The largest absolute Gasteiger partial charge is 0.357 e. The van der Waals surface area contributed by atoms with Gasteiger partial charge in [-0.1, -0.05) is 0 Å². The Morgan fingerprint density at radius 3 is 2.53 bits per heavy atom. The van der Waals surface area contributed by atoms with Crippen molar-refractivity contribution in [1.82, 2.24) is 20.2 Å². The van der Waals surface area contributed by atoms with Gasteiger partial charge in [0, 0.05) is 50.2 Å². The van der Waals surface area contributed by atoms with Crippen LogP contribution < -0.4 is 15.1 Å². The van der Waals surface area contributed by atoms with Gasteiger partial charge in [0.25, 0.3) is 11.8 Å². The van der Waals surface area contributed by atoms with Gasteiger partial charge in [-0.15, -0.1) is 0 Å². The maximum Gasteiger partial charge on any atom is 0.266 e. The third-order valence-electron chi connectivity index (χ3n) is 5.87. The fraction of sp³-hybridized carbons (Fsp3) is 0.364. The Morgan fingerprint density at radius 1 is 1.03 bits per heavy atom. The molecule has 10 heteroatoms. The van der Waals surface area contributed by atoms with Crippen LogP contribution in [0.5, 0.6) is 0 Å². The fourth-order valence-corrected chi connectivity index (χ4v) is 4.20. The molecule has 2 aliphatic heterocycles. The number of carbonyl (C=O) groups is 1. The number of aromatic nitrogens is 4. The minimum absolute atomic E-state index is 0.154. The number of nitrogens with one attached hydrogen (secondary N) is 2. The van der Waals surface area contributed by atoms with Crippen LogP contribution in [0.2, 0.25) is 0 Å². The summed E-state index contributed by atoms with van der Waals surface area (Å²) in [6, 6.07) is 7.03. The molecule has 2 fully saturated rings. The average Bonchev–Trinajstić information content (AvgIpc) is 3.56. The first-order valence-corrected chi connectivity index (χ1v) is 10.6. The van der Waals surface area contributed by atoms with Crippen LogP contribution in [0.1, 0.15) is 29.6 Å². The lowest BCUT2D eigenvalue weighted by Gasteiger charge is -2.22. The van der Waals surface area contributed by atoms with Gasteiger partial charge in [-0.25, -0.2) is 18.7 Å². The Morgan fingerprint density at radius 2 is 1.88 bits per heavy atom. The highest BCUT2D eigenvalue weighted by atomic mass is 19.3. The zero-order chi connectivity index (χ0) is 22.1. The molecule has 0 spiro atoms. The Balaban J connectivity index is 1.45. The summed E-state index contributed by atoms with van der Waals surface area (Å²) in [6.07, 6.45) is 6.70. The summed E-state index contributed by atoms with van der Waals surface area (Å²) in [5.41, 5.74) is 2.02. The quantitative estimate of drug-likeness (QED) is 0.632. The number of hydrogen-bond acceptors (Lipinski definition) is 6. The molecule has 0 saturated carbocycles. The molecule has 8 nitrogen and oxygen atoms in total. The Labute approximate surface area is 183 Å². The molecule has 2 saturated heterocycles. The van der Waals surface area contributed by atoms with Gasteiger partial charge in [-0.05, 0) is 37.1 Å². The summed E-state index contributed by atoms with van der Waals surface area (Å²) in [4.78, 5) is 25.5. The number of hydrogen-bond donors (Lipinski definition) is 2. The molecule has 0 atom stereocenters. The van der Waals surface area contributed by atoms with Gasteiger partial charge in [-0.3, -0.25) is 9.89 Å². The summed E-state index contributed by atoms with van der Waals surface area (Å²) < 4.78 is 27.8. The molecule has 0 bridgehead atoms. The zero-order valence-corrected chi connectivity index (χ0v) is 17.4. The number of anilines is 3. The number of amides is 1. The van der Waals surface area contributed by atoms with E-state index in [-0.39, 0.29) is 18.9 Å². The highest BCUT2D eigenvalue weighted by Gasteiger charge is 2.40. The molecule has 0 aliphatic carbocycles. The van der Waals surface area contributed by atoms with Gasteiger partial charge in [0.15, 0.2) is 5.82 Å². The van der Waals surface area contributed by atoms with Crippen LogP contribution in [0.3, 0.4) is 0 Å². The molecule has 3 aromatic rings. The monoisotopic (exact) mass is 439 g/mol. The van der Waals surface area contributed by atoms with Crippen molar-refractivity contribution in [3.63, 3.8) is 0 Å². The first-order chi connectivity index (χ1) is 15.5. The lowest BCUT2D eigenvalue weighted by atomic mass is 10.1. The molecule has 1 amide bonds. The molecule has 3 aromatic heterocycles. The highest BCUT2D eigenvalue weighted by Crippen LogP contribution is 2.38. The molecule has 0 radical (unpaired) electrons. The number of nitrogens with zero attached hydrogens (tertiary/aromatic N) is 5. The summed E-state index contributed by atoms with van der Waals surface area (Å²) in [5.74, 6) is -2.02. The van der Waals surface area contributed by atoms with E-state index in [1.807, 2.05) is 6.07 Å². The lowest BCUT2D eigenvalue weighted by Crippen LogP contribution is -2.27. The number of halogens is 2. The predicted octanol–water partition coefficient (Wildman–Crippen LogP) is 3.56. The van der Waals surface area contributed by atoms with E-state index in [4.69, 9.17) is 0 Å². The predicted molar refractivity (Wildman–Crippen MR) is 117 cm³/mol. The fourth-order valence-electron chi connectivity index (χ4n) is 4.20. The third kappa shape index (κ3) is 4.00. The number of carbonyl (C=O) groups excluding carboxylic acids is 1. The van der Waals surface area contributed by atoms with E-state index in [2.05, 4.69) is 30.4 Å². The van der Waals surface area contributed by atoms with Gasteiger partial charge >= 0.3 is 0 Å². The van der Waals surface area contributed by atoms with Crippen molar-refractivity contribution in [1.29, 1.82) is 0 Å². The molecule has 2 N–H and O–H groups in total. The van der Waals surface area contributed by atoms with Crippen molar-refractivity contribution in [2.45, 2.75) is 25.2 Å². The standard InChI is InChI=1S/C22H23F2N7O/c23-22(24)7-12-31(14-22)20-19(16(5-8-25-20)17-6-9-27-29-17)28-21(32)15-3-4-18(26-13-15)30-10-1-2-11-30/h3-6,8-9,13H,1-2,7,10-12,14H2,(H,27,29)(H,28,32). The molecule has 0 unspecified atom stereocenters.